The molecule has 1 aliphatic rings. The Hall–Kier alpha value is -3.56. The van der Waals surface area contributed by atoms with E-state index in [1.165, 1.54) is 40.0 Å². The third kappa shape index (κ3) is 3.17. The summed E-state index contributed by atoms with van der Waals surface area (Å²) in [4.78, 5) is 37.0. The Labute approximate surface area is 191 Å². The molecule has 160 valence electrons. The maximum Gasteiger partial charge on any atom is 0.301 e. The summed E-state index contributed by atoms with van der Waals surface area (Å²) in [5, 5.41) is 13.3. The molecule has 1 saturated heterocycles. The summed E-state index contributed by atoms with van der Waals surface area (Å²) in [5.74, 6) is -0.972. The highest BCUT2D eigenvalue weighted by Gasteiger charge is 2.48. The zero-order chi connectivity index (χ0) is 22.4. The Balaban J connectivity index is 1.71. The highest BCUT2D eigenvalue weighted by molar-refractivity contribution is 7.22. The number of Topliss-reactive ketones (excluding diaryl/α,β-unsaturated/α-hetero) is 1. The molecule has 3 aromatic heterocycles. The van der Waals surface area contributed by atoms with Gasteiger partial charge in [0.25, 0.3) is 5.78 Å². The Bertz CT molecular complexity index is 1380. The number of ether oxygens (including phenoxy) is 1. The number of carbonyl (C=O) groups is 2. The van der Waals surface area contributed by atoms with Crippen LogP contribution in [0.25, 0.3) is 16.0 Å². The number of nitrogens with zero attached hydrogens (tertiary/aromatic N) is 3. The molecule has 1 amide bonds. The molecule has 0 spiro atoms. The summed E-state index contributed by atoms with van der Waals surface area (Å²) in [6.07, 6.45) is 3.04. The van der Waals surface area contributed by atoms with Crippen LogP contribution in [0.3, 0.4) is 0 Å². The summed E-state index contributed by atoms with van der Waals surface area (Å²) in [5.41, 5.74) is 2.09. The van der Waals surface area contributed by atoms with Crippen LogP contribution in [-0.4, -0.2) is 33.9 Å². The third-order valence-corrected chi connectivity index (χ3v) is 7.25. The number of hydrogen-bond donors (Lipinski definition) is 1. The summed E-state index contributed by atoms with van der Waals surface area (Å²) in [7, 11) is 1.60. The SMILES string of the molecule is COc1cc2sc(N3C(=O)C(=O)/C(=C(/O)c4ccncc4)C3c3cccs3)nc2cc1C. The first-order chi connectivity index (χ1) is 15.5. The number of aliphatic hydroxyl groups is 1. The molecule has 1 N–H and O–H groups in total. The molecule has 32 heavy (non-hydrogen) atoms. The molecule has 9 heteroatoms. The minimum atomic E-state index is -0.772. The fourth-order valence-electron chi connectivity index (χ4n) is 3.78. The average Bonchev–Trinajstić information content (AvgIpc) is 3.52. The van der Waals surface area contributed by atoms with Crippen molar-refractivity contribution in [1.29, 1.82) is 0 Å². The van der Waals surface area contributed by atoms with E-state index < -0.39 is 17.7 Å². The number of rotatable bonds is 4. The van der Waals surface area contributed by atoms with Crippen molar-refractivity contribution < 1.29 is 19.4 Å². The summed E-state index contributed by atoms with van der Waals surface area (Å²) >= 11 is 2.71. The first-order valence-electron chi connectivity index (χ1n) is 9.69. The number of methoxy groups -OCH3 is 1. The first kappa shape index (κ1) is 20.3. The standard InChI is InChI=1S/C23H17N3O4S2/c1-12-10-14-17(11-15(12)30-2)32-23(25-14)26-19(16-4-3-9-31-16)18(21(28)22(26)29)20(27)13-5-7-24-8-6-13/h3-11,19,27H,1-2H3/b20-18+. The maximum atomic E-state index is 13.2. The lowest BCUT2D eigenvalue weighted by molar-refractivity contribution is -0.132. The summed E-state index contributed by atoms with van der Waals surface area (Å²) in [6.45, 7) is 1.92. The van der Waals surface area contributed by atoms with Gasteiger partial charge in [0.2, 0.25) is 0 Å². The number of aliphatic hydroxyl groups excluding tert-OH is 1. The van der Waals surface area contributed by atoms with Crippen molar-refractivity contribution in [3.05, 3.63) is 75.7 Å². The maximum absolute atomic E-state index is 13.2. The van der Waals surface area contributed by atoms with Crippen molar-refractivity contribution in [3.8, 4) is 5.75 Å². The number of fused-ring (bicyclic) bond motifs is 1. The van der Waals surface area contributed by atoms with E-state index in [0.29, 0.717) is 16.2 Å². The molecule has 4 heterocycles. The molecule has 1 atom stereocenters. The first-order valence-corrected chi connectivity index (χ1v) is 11.4. The molecular weight excluding hydrogens is 446 g/mol. The van der Waals surface area contributed by atoms with E-state index in [2.05, 4.69) is 9.97 Å². The van der Waals surface area contributed by atoms with Crippen LogP contribution in [-0.2, 0) is 9.59 Å². The number of thiophene rings is 1. The van der Waals surface area contributed by atoms with Crippen LogP contribution in [0.1, 0.15) is 22.0 Å². The van der Waals surface area contributed by atoms with E-state index >= 15 is 0 Å². The number of ketones is 1. The second kappa shape index (κ2) is 7.85. The predicted octanol–water partition coefficient (Wildman–Crippen LogP) is 4.70. The lowest BCUT2D eigenvalue weighted by Crippen LogP contribution is -2.28. The fraction of sp³-hybridized carbons (Fsp3) is 0.130. The molecule has 7 nitrogen and oxygen atoms in total. The van der Waals surface area contributed by atoms with Crippen LogP contribution < -0.4 is 9.64 Å². The molecule has 4 aromatic rings. The third-order valence-electron chi connectivity index (χ3n) is 5.31. The van der Waals surface area contributed by atoms with Crippen molar-refractivity contribution in [2.75, 3.05) is 12.0 Å². The van der Waals surface area contributed by atoms with Gasteiger partial charge in [0.05, 0.1) is 22.9 Å². The topological polar surface area (TPSA) is 92.6 Å². The van der Waals surface area contributed by atoms with Gasteiger partial charge >= 0.3 is 5.91 Å². The van der Waals surface area contributed by atoms with Gasteiger partial charge in [-0.3, -0.25) is 19.5 Å². The van der Waals surface area contributed by atoms with E-state index in [9.17, 15) is 14.7 Å². The highest BCUT2D eigenvalue weighted by Crippen LogP contribution is 2.45. The van der Waals surface area contributed by atoms with E-state index in [1.54, 1.807) is 19.2 Å². The largest absolute Gasteiger partial charge is 0.507 e. The van der Waals surface area contributed by atoms with Gasteiger partial charge in [0.15, 0.2) is 5.13 Å². The normalized spacial score (nSPS) is 17.9. The molecule has 1 unspecified atom stereocenters. The van der Waals surface area contributed by atoms with Crippen LogP contribution in [0.5, 0.6) is 5.75 Å². The number of carbonyl (C=O) groups excluding carboxylic acids is 2. The lowest BCUT2D eigenvalue weighted by atomic mass is 10.0. The quantitative estimate of drug-likeness (QED) is 0.268. The second-order valence-corrected chi connectivity index (χ2v) is 9.19. The Morgan fingerprint density at radius 2 is 1.97 bits per heavy atom. The van der Waals surface area contributed by atoms with Gasteiger partial charge in [-0.15, -0.1) is 11.3 Å². The number of benzene rings is 1. The van der Waals surface area contributed by atoms with Crippen LogP contribution >= 0.6 is 22.7 Å². The minimum Gasteiger partial charge on any atom is -0.507 e. The van der Waals surface area contributed by atoms with Gasteiger partial charge in [-0.05, 0) is 48.2 Å². The molecule has 1 aromatic carbocycles. The van der Waals surface area contributed by atoms with Crippen LogP contribution in [0.4, 0.5) is 5.13 Å². The zero-order valence-electron chi connectivity index (χ0n) is 17.1. The number of aryl methyl sites for hydroxylation is 1. The molecule has 0 bridgehead atoms. The Morgan fingerprint density at radius 3 is 2.66 bits per heavy atom. The van der Waals surface area contributed by atoms with E-state index in [4.69, 9.17) is 4.74 Å². The smallest absolute Gasteiger partial charge is 0.301 e. The zero-order valence-corrected chi connectivity index (χ0v) is 18.7. The molecule has 5 rings (SSSR count). The van der Waals surface area contributed by atoms with E-state index in [1.807, 2.05) is 36.6 Å². The molecule has 1 aliphatic heterocycles. The molecule has 0 aliphatic carbocycles. The highest BCUT2D eigenvalue weighted by atomic mass is 32.1. The van der Waals surface area contributed by atoms with E-state index in [0.717, 1.165) is 20.9 Å². The van der Waals surface area contributed by atoms with Crippen molar-refractivity contribution in [3.63, 3.8) is 0 Å². The monoisotopic (exact) mass is 463 g/mol. The molecule has 1 fully saturated rings. The Kier molecular flexibility index (Phi) is 4.99. The number of amides is 1. The number of thiazole rings is 1. The van der Waals surface area contributed by atoms with Crippen LogP contribution in [0.2, 0.25) is 0 Å². The number of hydrogen-bond acceptors (Lipinski definition) is 8. The number of anilines is 1. The van der Waals surface area contributed by atoms with Gasteiger partial charge < -0.3 is 9.84 Å². The number of aromatic nitrogens is 2. The minimum absolute atomic E-state index is 0.0386. The van der Waals surface area contributed by atoms with Gasteiger partial charge in [0, 0.05) is 22.8 Å². The number of pyridine rings is 1. The average molecular weight is 464 g/mol. The van der Waals surface area contributed by atoms with Crippen molar-refractivity contribution in [2.45, 2.75) is 13.0 Å². The van der Waals surface area contributed by atoms with Crippen molar-refractivity contribution in [2.24, 2.45) is 0 Å². The van der Waals surface area contributed by atoms with Crippen LogP contribution in [0.15, 0.2) is 59.7 Å². The Morgan fingerprint density at radius 1 is 1.19 bits per heavy atom. The fourth-order valence-corrected chi connectivity index (χ4v) is 5.61. The van der Waals surface area contributed by atoms with Crippen molar-refractivity contribution in [1.82, 2.24) is 9.97 Å². The molecule has 0 radical (unpaired) electrons. The second-order valence-electron chi connectivity index (χ2n) is 7.21. The van der Waals surface area contributed by atoms with Gasteiger partial charge in [0.1, 0.15) is 17.6 Å². The van der Waals surface area contributed by atoms with Crippen LogP contribution in [0, 0.1) is 6.92 Å². The van der Waals surface area contributed by atoms with Gasteiger partial charge in [-0.2, -0.15) is 0 Å². The molecular formula is C23H17N3O4S2. The lowest BCUT2D eigenvalue weighted by Gasteiger charge is -2.21. The predicted molar refractivity (Wildman–Crippen MR) is 124 cm³/mol. The van der Waals surface area contributed by atoms with Gasteiger partial charge in [-0.25, -0.2) is 4.98 Å². The summed E-state index contributed by atoms with van der Waals surface area (Å²) in [6, 6.07) is 9.88. The van der Waals surface area contributed by atoms with E-state index in [-0.39, 0.29) is 11.3 Å². The van der Waals surface area contributed by atoms with Gasteiger partial charge in [-0.1, -0.05) is 17.4 Å². The molecule has 0 saturated carbocycles. The van der Waals surface area contributed by atoms with Crippen molar-refractivity contribution >= 4 is 55.5 Å². The summed E-state index contributed by atoms with van der Waals surface area (Å²) < 4.78 is 6.24.